The third-order valence-electron chi connectivity index (χ3n) is 5.03. The second-order valence-electron chi connectivity index (χ2n) is 6.74. The summed E-state index contributed by atoms with van der Waals surface area (Å²) >= 11 is 0. The Bertz CT molecular complexity index is 553. The molecule has 0 unspecified atom stereocenters. The monoisotopic (exact) mass is 347 g/mol. The fraction of sp³-hybridized carbons (Fsp3) is 0.632. The summed E-state index contributed by atoms with van der Waals surface area (Å²) in [7, 11) is 1.69. The van der Waals surface area contributed by atoms with Crippen LogP contribution in [0, 0.1) is 0 Å². The highest BCUT2D eigenvalue weighted by atomic mass is 16.5. The van der Waals surface area contributed by atoms with Crippen molar-refractivity contribution in [3.05, 3.63) is 24.3 Å². The van der Waals surface area contributed by atoms with Gasteiger partial charge in [-0.05, 0) is 25.0 Å². The number of amides is 1. The molecule has 0 radical (unpaired) electrons. The topological polar surface area (TPSA) is 54.0 Å². The minimum atomic E-state index is 0.264. The highest BCUT2D eigenvalue weighted by molar-refractivity contribution is 5.76. The van der Waals surface area contributed by atoms with E-state index in [0.29, 0.717) is 25.7 Å². The number of carbonyl (C=O) groups is 1. The predicted octanol–water partition coefficient (Wildman–Crippen LogP) is 1.82. The first-order valence-corrected chi connectivity index (χ1v) is 9.23. The summed E-state index contributed by atoms with van der Waals surface area (Å²) in [6.07, 6.45) is 2.82. The zero-order valence-corrected chi connectivity index (χ0v) is 15.1. The summed E-state index contributed by atoms with van der Waals surface area (Å²) in [5.74, 6) is 1.14. The van der Waals surface area contributed by atoms with Gasteiger partial charge in [0.25, 0.3) is 0 Å². The van der Waals surface area contributed by atoms with Crippen molar-refractivity contribution >= 4 is 11.6 Å². The molecule has 0 spiro atoms. The van der Waals surface area contributed by atoms with E-state index in [1.165, 1.54) is 0 Å². The van der Waals surface area contributed by atoms with Gasteiger partial charge in [-0.2, -0.15) is 0 Å². The minimum absolute atomic E-state index is 0.264. The van der Waals surface area contributed by atoms with E-state index in [9.17, 15) is 4.79 Å². The molecule has 0 atom stereocenters. The van der Waals surface area contributed by atoms with Gasteiger partial charge in [0.2, 0.25) is 5.91 Å². The number of morpholine rings is 1. The SMILES string of the molecule is COc1cccc(NC2CCN(CCC(=O)N3CCOCC3)CC2)c1. The Morgan fingerprint density at radius 2 is 2.00 bits per heavy atom. The smallest absolute Gasteiger partial charge is 0.224 e. The second kappa shape index (κ2) is 9.06. The first kappa shape index (κ1) is 18.0. The number of hydrogen-bond acceptors (Lipinski definition) is 5. The molecule has 1 aromatic rings. The lowest BCUT2D eigenvalue weighted by molar-refractivity contribution is -0.135. The normalized spacial score (nSPS) is 19.6. The molecule has 0 aromatic heterocycles. The van der Waals surface area contributed by atoms with E-state index in [4.69, 9.17) is 9.47 Å². The summed E-state index contributed by atoms with van der Waals surface area (Å²) in [5, 5.41) is 3.60. The quantitative estimate of drug-likeness (QED) is 0.851. The molecular weight excluding hydrogens is 318 g/mol. The van der Waals surface area contributed by atoms with Crippen LogP contribution in [0.15, 0.2) is 24.3 Å². The second-order valence-corrected chi connectivity index (χ2v) is 6.74. The molecule has 6 heteroatoms. The average molecular weight is 347 g/mol. The first-order chi connectivity index (χ1) is 12.2. The van der Waals surface area contributed by atoms with Gasteiger partial charge in [-0.25, -0.2) is 0 Å². The standard InChI is InChI=1S/C19H29N3O3/c1-24-18-4-2-3-17(15-18)20-16-5-8-21(9-6-16)10-7-19(23)22-11-13-25-14-12-22/h2-4,15-16,20H,5-14H2,1H3. The van der Waals surface area contributed by atoms with E-state index in [2.05, 4.69) is 16.3 Å². The Morgan fingerprint density at radius 3 is 2.72 bits per heavy atom. The summed E-state index contributed by atoms with van der Waals surface area (Å²) in [6.45, 7) is 5.77. The highest BCUT2D eigenvalue weighted by Gasteiger charge is 2.21. The number of likely N-dealkylation sites (tertiary alicyclic amines) is 1. The highest BCUT2D eigenvalue weighted by Crippen LogP contribution is 2.21. The Morgan fingerprint density at radius 1 is 1.24 bits per heavy atom. The predicted molar refractivity (Wildman–Crippen MR) is 98.1 cm³/mol. The van der Waals surface area contributed by atoms with Crippen molar-refractivity contribution in [2.75, 3.05) is 58.4 Å². The van der Waals surface area contributed by atoms with Crippen molar-refractivity contribution in [1.82, 2.24) is 9.80 Å². The molecule has 6 nitrogen and oxygen atoms in total. The number of nitrogens with one attached hydrogen (secondary N) is 1. The Hall–Kier alpha value is -1.79. The Labute approximate surface area is 150 Å². The largest absolute Gasteiger partial charge is 0.497 e. The third-order valence-corrected chi connectivity index (χ3v) is 5.03. The zero-order valence-electron chi connectivity index (χ0n) is 15.1. The van der Waals surface area contributed by atoms with E-state index < -0.39 is 0 Å². The number of rotatable bonds is 6. The van der Waals surface area contributed by atoms with Gasteiger partial charge in [0.15, 0.2) is 0 Å². The van der Waals surface area contributed by atoms with Crippen LogP contribution in [0.1, 0.15) is 19.3 Å². The van der Waals surface area contributed by atoms with Crippen LogP contribution in [0.3, 0.4) is 0 Å². The molecule has 0 bridgehead atoms. The summed E-state index contributed by atoms with van der Waals surface area (Å²) < 4.78 is 10.6. The van der Waals surface area contributed by atoms with Gasteiger partial charge in [0, 0.05) is 56.9 Å². The fourth-order valence-electron chi connectivity index (χ4n) is 3.47. The molecule has 2 saturated heterocycles. The van der Waals surface area contributed by atoms with Crippen molar-refractivity contribution in [3.8, 4) is 5.75 Å². The molecule has 138 valence electrons. The van der Waals surface area contributed by atoms with Gasteiger partial charge in [-0.15, -0.1) is 0 Å². The lowest BCUT2D eigenvalue weighted by atomic mass is 10.0. The van der Waals surface area contributed by atoms with Crippen LogP contribution in [0.4, 0.5) is 5.69 Å². The lowest BCUT2D eigenvalue weighted by Gasteiger charge is -2.33. The van der Waals surface area contributed by atoms with Crippen LogP contribution in [-0.2, 0) is 9.53 Å². The van der Waals surface area contributed by atoms with Crippen LogP contribution < -0.4 is 10.1 Å². The fourth-order valence-corrected chi connectivity index (χ4v) is 3.47. The number of carbonyl (C=O) groups excluding carboxylic acids is 1. The van der Waals surface area contributed by atoms with Gasteiger partial charge in [0.1, 0.15) is 5.75 Å². The van der Waals surface area contributed by atoms with Crippen molar-refractivity contribution in [1.29, 1.82) is 0 Å². The molecule has 0 saturated carbocycles. The third kappa shape index (κ3) is 5.34. The average Bonchev–Trinajstić information content (AvgIpc) is 2.68. The molecule has 3 rings (SSSR count). The molecule has 1 amide bonds. The maximum Gasteiger partial charge on any atom is 0.224 e. The number of piperidine rings is 1. The molecule has 2 aliphatic rings. The maximum absolute atomic E-state index is 12.2. The van der Waals surface area contributed by atoms with Crippen LogP contribution in [0.2, 0.25) is 0 Å². The number of hydrogen-bond donors (Lipinski definition) is 1. The zero-order chi connectivity index (χ0) is 17.5. The molecule has 2 heterocycles. The minimum Gasteiger partial charge on any atom is -0.497 e. The Kier molecular flexibility index (Phi) is 6.53. The van der Waals surface area contributed by atoms with E-state index in [1.54, 1.807) is 7.11 Å². The number of ether oxygens (including phenoxy) is 2. The number of methoxy groups -OCH3 is 1. The first-order valence-electron chi connectivity index (χ1n) is 9.23. The van der Waals surface area contributed by atoms with Crippen LogP contribution in [0.5, 0.6) is 5.75 Å². The lowest BCUT2D eigenvalue weighted by Crippen LogP contribution is -2.44. The van der Waals surface area contributed by atoms with Crippen molar-refractivity contribution in [3.63, 3.8) is 0 Å². The number of anilines is 1. The van der Waals surface area contributed by atoms with Crippen LogP contribution in [-0.4, -0.2) is 74.8 Å². The van der Waals surface area contributed by atoms with Gasteiger partial charge in [-0.1, -0.05) is 6.07 Å². The molecule has 1 aromatic carbocycles. The van der Waals surface area contributed by atoms with Gasteiger partial charge in [-0.3, -0.25) is 4.79 Å². The van der Waals surface area contributed by atoms with E-state index in [1.807, 2.05) is 23.1 Å². The van der Waals surface area contributed by atoms with Gasteiger partial charge >= 0.3 is 0 Å². The maximum atomic E-state index is 12.2. The molecule has 25 heavy (non-hydrogen) atoms. The summed E-state index contributed by atoms with van der Waals surface area (Å²) in [6, 6.07) is 8.56. The van der Waals surface area contributed by atoms with Gasteiger partial charge < -0.3 is 24.6 Å². The molecule has 0 aliphatic carbocycles. The molecule has 1 N–H and O–H groups in total. The molecule has 2 aliphatic heterocycles. The van der Waals surface area contributed by atoms with E-state index >= 15 is 0 Å². The van der Waals surface area contributed by atoms with Gasteiger partial charge in [0.05, 0.1) is 20.3 Å². The number of benzene rings is 1. The van der Waals surface area contributed by atoms with E-state index in [0.717, 1.165) is 57.0 Å². The number of nitrogens with zero attached hydrogens (tertiary/aromatic N) is 2. The summed E-state index contributed by atoms with van der Waals surface area (Å²) in [4.78, 5) is 16.6. The summed E-state index contributed by atoms with van der Waals surface area (Å²) in [5.41, 5.74) is 1.11. The van der Waals surface area contributed by atoms with Crippen molar-refractivity contribution in [2.45, 2.75) is 25.3 Å². The molecule has 2 fully saturated rings. The van der Waals surface area contributed by atoms with Crippen LogP contribution >= 0.6 is 0 Å². The Balaban J connectivity index is 1.37. The van der Waals surface area contributed by atoms with Crippen molar-refractivity contribution in [2.24, 2.45) is 0 Å². The van der Waals surface area contributed by atoms with E-state index in [-0.39, 0.29) is 5.91 Å². The van der Waals surface area contributed by atoms with Crippen LogP contribution in [0.25, 0.3) is 0 Å². The van der Waals surface area contributed by atoms with Crippen molar-refractivity contribution < 1.29 is 14.3 Å². The molecular formula is C19H29N3O3.